The quantitative estimate of drug-likeness (QED) is 0.655. The Balaban J connectivity index is 2.03. The van der Waals surface area contributed by atoms with Crippen LogP contribution in [0.1, 0.15) is 25.7 Å². The van der Waals surface area contributed by atoms with Crippen LogP contribution in [0.25, 0.3) is 0 Å². The Morgan fingerprint density at radius 3 is 2.79 bits per heavy atom. The van der Waals surface area contributed by atoms with Crippen LogP contribution in [0.3, 0.4) is 0 Å². The largest absolute Gasteiger partial charge is 0.469 e. The highest BCUT2D eigenvalue weighted by molar-refractivity contribution is 5.73. The molecule has 2 saturated carbocycles. The van der Waals surface area contributed by atoms with Crippen molar-refractivity contribution in [2.75, 3.05) is 13.7 Å². The molecule has 0 aromatic carbocycles. The number of hydrogen-bond acceptors (Lipinski definition) is 2. The van der Waals surface area contributed by atoms with Gasteiger partial charge in [-0.1, -0.05) is 0 Å². The van der Waals surface area contributed by atoms with Crippen molar-refractivity contribution < 1.29 is 15.3 Å². The third-order valence-corrected chi connectivity index (χ3v) is 4.18. The van der Waals surface area contributed by atoms with Gasteiger partial charge in [-0.3, -0.25) is 4.79 Å². The van der Waals surface area contributed by atoms with Gasteiger partial charge in [0.1, 0.15) is 0 Å². The molecule has 0 heterocycles. The average molecular weight is 198 g/mol. The highest BCUT2D eigenvalue weighted by Gasteiger charge is 2.45. The summed E-state index contributed by atoms with van der Waals surface area (Å²) in [6.45, 7) is 1.03. The van der Waals surface area contributed by atoms with Crippen LogP contribution in [0, 0.1) is 23.7 Å². The molecule has 0 aromatic rings. The standard InChI is InChI=1S/C11H19NO2/c1-14-11(13)10-5-9-4-7(10)2-3-8(9)6-12/h7-10H,2-6,12H2,1H3/p+1/t7-,8-,9+,10+/m1/s1. The van der Waals surface area contributed by atoms with E-state index in [0.717, 1.165) is 24.8 Å². The first-order valence-electron chi connectivity index (χ1n) is 5.63. The van der Waals surface area contributed by atoms with E-state index in [1.807, 2.05) is 0 Å². The second kappa shape index (κ2) is 3.89. The first kappa shape index (κ1) is 9.97. The van der Waals surface area contributed by atoms with Crippen LogP contribution in [-0.4, -0.2) is 19.6 Å². The third kappa shape index (κ3) is 1.54. The molecule has 2 aliphatic carbocycles. The van der Waals surface area contributed by atoms with Crippen LogP contribution < -0.4 is 5.73 Å². The Morgan fingerprint density at radius 1 is 1.36 bits per heavy atom. The van der Waals surface area contributed by atoms with Gasteiger partial charge in [-0.2, -0.15) is 0 Å². The van der Waals surface area contributed by atoms with Crippen molar-refractivity contribution in [1.29, 1.82) is 0 Å². The molecule has 80 valence electrons. The molecule has 0 aromatic heterocycles. The molecular formula is C11H20NO2+. The van der Waals surface area contributed by atoms with E-state index in [4.69, 9.17) is 4.74 Å². The minimum atomic E-state index is 0.0159. The summed E-state index contributed by atoms with van der Waals surface area (Å²) >= 11 is 0. The van der Waals surface area contributed by atoms with Gasteiger partial charge in [0.25, 0.3) is 0 Å². The molecule has 0 saturated heterocycles. The highest BCUT2D eigenvalue weighted by Crippen LogP contribution is 2.48. The van der Waals surface area contributed by atoms with E-state index in [1.165, 1.54) is 26.4 Å². The molecule has 0 spiro atoms. The zero-order chi connectivity index (χ0) is 10.1. The monoisotopic (exact) mass is 198 g/mol. The summed E-state index contributed by atoms with van der Waals surface area (Å²) in [6, 6.07) is 0. The van der Waals surface area contributed by atoms with Crippen LogP contribution in [0.2, 0.25) is 0 Å². The number of rotatable bonds is 2. The normalized spacial score (nSPS) is 41.0. The van der Waals surface area contributed by atoms with Gasteiger partial charge in [-0.25, -0.2) is 0 Å². The van der Waals surface area contributed by atoms with Gasteiger partial charge in [-0.15, -0.1) is 0 Å². The van der Waals surface area contributed by atoms with Crippen molar-refractivity contribution in [2.24, 2.45) is 23.7 Å². The number of fused-ring (bicyclic) bond motifs is 2. The van der Waals surface area contributed by atoms with Gasteiger partial charge < -0.3 is 10.5 Å². The predicted octanol–water partition coefficient (Wildman–Crippen LogP) is 0.454. The lowest BCUT2D eigenvalue weighted by molar-refractivity contribution is -0.383. The van der Waals surface area contributed by atoms with Gasteiger partial charge in [0, 0.05) is 5.92 Å². The maximum absolute atomic E-state index is 11.5. The Morgan fingerprint density at radius 2 is 2.14 bits per heavy atom. The van der Waals surface area contributed by atoms with E-state index in [-0.39, 0.29) is 11.9 Å². The summed E-state index contributed by atoms with van der Waals surface area (Å²) < 4.78 is 4.86. The van der Waals surface area contributed by atoms with E-state index in [2.05, 4.69) is 5.73 Å². The lowest BCUT2D eigenvalue weighted by Gasteiger charge is -2.26. The van der Waals surface area contributed by atoms with E-state index >= 15 is 0 Å². The van der Waals surface area contributed by atoms with Crippen molar-refractivity contribution in [1.82, 2.24) is 0 Å². The summed E-state index contributed by atoms with van der Waals surface area (Å²) in [5.74, 6) is 2.33. The van der Waals surface area contributed by atoms with Gasteiger partial charge in [0.2, 0.25) is 0 Å². The number of hydrogen-bond donors (Lipinski definition) is 1. The Kier molecular flexibility index (Phi) is 2.77. The molecule has 2 fully saturated rings. The van der Waals surface area contributed by atoms with Gasteiger partial charge in [0.05, 0.1) is 19.6 Å². The molecule has 0 amide bonds. The Labute approximate surface area is 85.0 Å². The molecule has 14 heavy (non-hydrogen) atoms. The molecule has 0 unspecified atom stereocenters. The summed E-state index contributed by atoms with van der Waals surface area (Å²) in [6.07, 6.45) is 4.76. The molecular weight excluding hydrogens is 178 g/mol. The zero-order valence-electron chi connectivity index (χ0n) is 8.87. The number of carbonyl (C=O) groups excluding carboxylic acids is 1. The fourth-order valence-electron chi connectivity index (χ4n) is 3.36. The zero-order valence-corrected chi connectivity index (χ0v) is 8.87. The number of carbonyl (C=O) groups is 1. The summed E-state index contributed by atoms with van der Waals surface area (Å²) in [7, 11) is 1.50. The molecule has 3 N–H and O–H groups in total. The van der Waals surface area contributed by atoms with E-state index < -0.39 is 0 Å². The van der Waals surface area contributed by atoms with Crippen LogP contribution in [0.5, 0.6) is 0 Å². The third-order valence-electron chi connectivity index (χ3n) is 4.18. The molecule has 3 nitrogen and oxygen atoms in total. The molecule has 0 radical (unpaired) electrons. The van der Waals surface area contributed by atoms with Crippen molar-refractivity contribution in [2.45, 2.75) is 25.7 Å². The molecule has 2 aliphatic rings. The maximum Gasteiger partial charge on any atom is 0.308 e. The molecule has 3 heteroatoms. The van der Waals surface area contributed by atoms with Gasteiger partial charge in [-0.05, 0) is 37.5 Å². The summed E-state index contributed by atoms with van der Waals surface area (Å²) in [4.78, 5) is 11.5. The molecule has 4 atom stereocenters. The van der Waals surface area contributed by atoms with Crippen LogP contribution in [0.15, 0.2) is 0 Å². The Hall–Kier alpha value is -0.570. The smallest absolute Gasteiger partial charge is 0.308 e. The van der Waals surface area contributed by atoms with E-state index in [0.29, 0.717) is 5.92 Å². The van der Waals surface area contributed by atoms with Crippen LogP contribution in [0.4, 0.5) is 0 Å². The minimum Gasteiger partial charge on any atom is -0.469 e. The molecule has 2 rings (SSSR count). The van der Waals surface area contributed by atoms with E-state index in [9.17, 15) is 4.79 Å². The van der Waals surface area contributed by atoms with Crippen LogP contribution >= 0.6 is 0 Å². The fraction of sp³-hybridized carbons (Fsp3) is 0.909. The van der Waals surface area contributed by atoms with Crippen molar-refractivity contribution in [3.63, 3.8) is 0 Å². The summed E-state index contributed by atoms with van der Waals surface area (Å²) in [5.41, 5.74) is 4.00. The van der Waals surface area contributed by atoms with Gasteiger partial charge in [0.15, 0.2) is 0 Å². The second-order valence-electron chi connectivity index (χ2n) is 4.75. The first-order valence-corrected chi connectivity index (χ1v) is 5.63. The lowest BCUT2D eigenvalue weighted by Crippen LogP contribution is -2.55. The highest BCUT2D eigenvalue weighted by atomic mass is 16.5. The topological polar surface area (TPSA) is 53.9 Å². The number of methoxy groups -OCH3 is 1. The molecule has 0 aliphatic heterocycles. The van der Waals surface area contributed by atoms with Crippen molar-refractivity contribution in [3.8, 4) is 0 Å². The summed E-state index contributed by atoms with van der Waals surface area (Å²) in [5, 5.41) is 0. The number of quaternary nitrogens is 1. The minimum absolute atomic E-state index is 0.0159. The first-order chi connectivity index (χ1) is 6.76. The average Bonchev–Trinajstić information content (AvgIpc) is 2.56. The van der Waals surface area contributed by atoms with Gasteiger partial charge >= 0.3 is 5.97 Å². The van der Waals surface area contributed by atoms with Crippen LogP contribution in [-0.2, 0) is 9.53 Å². The predicted molar refractivity (Wildman–Crippen MR) is 52.2 cm³/mol. The lowest BCUT2D eigenvalue weighted by atomic mass is 9.79. The fourth-order valence-corrected chi connectivity index (χ4v) is 3.36. The molecule has 2 bridgehead atoms. The van der Waals surface area contributed by atoms with E-state index in [1.54, 1.807) is 0 Å². The maximum atomic E-state index is 11.5. The second-order valence-corrected chi connectivity index (χ2v) is 4.75. The SMILES string of the molecule is COC(=O)[C@H]1C[C@@H]2C[C@H]1CC[C@@H]2C[NH3+]. The van der Waals surface area contributed by atoms with Crippen molar-refractivity contribution >= 4 is 5.97 Å². The number of esters is 1. The van der Waals surface area contributed by atoms with Crippen molar-refractivity contribution in [3.05, 3.63) is 0 Å². The Bertz CT molecular complexity index is 229. The number of ether oxygens (including phenoxy) is 1.